The van der Waals surface area contributed by atoms with Crippen LogP contribution in [0.3, 0.4) is 0 Å². The summed E-state index contributed by atoms with van der Waals surface area (Å²) in [5.74, 6) is -0.191. The van der Waals surface area contributed by atoms with Crippen LogP contribution in [-0.4, -0.2) is 24.6 Å². The van der Waals surface area contributed by atoms with Crippen LogP contribution in [0.15, 0.2) is 71.6 Å². The second kappa shape index (κ2) is 8.60. The van der Waals surface area contributed by atoms with Gasteiger partial charge in [-0.25, -0.2) is 0 Å². The summed E-state index contributed by atoms with van der Waals surface area (Å²) in [6.45, 7) is 6.04. The van der Waals surface area contributed by atoms with Gasteiger partial charge in [0.2, 0.25) is 5.91 Å². The van der Waals surface area contributed by atoms with Crippen LogP contribution >= 0.6 is 11.8 Å². The van der Waals surface area contributed by atoms with E-state index in [1.54, 1.807) is 21.6 Å². The highest BCUT2D eigenvalue weighted by Crippen LogP contribution is 2.36. The molecule has 0 aliphatic carbocycles. The van der Waals surface area contributed by atoms with Gasteiger partial charge in [0, 0.05) is 16.3 Å². The number of anilines is 2. The van der Waals surface area contributed by atoms with Crippen molar-refractivity contribution >= 4 is 35.0 Å². The molecule has 1 aliphatic heterocycles. The molecule has 4 nitrogen and oxygen atoms in total. The minimum absolute atomic E-state index is 0.0221. The van der Waals surface area contributed by atoms with Crippen LogP contribution in [-0.2, 0) is 9.59 Å². The molecule has 31 heavy (non-hydrogen) atoms. The van der Waals surface area contributed by atoms with E-state index in [-0.39, 0.29) is 18.4 Å². The minimum Gasteiger partial charge on any atom is -0.301 e. The first kappa shape index (κ1) is 21.2. The van der Waals surface area contributed by atoms with Crippen molar-refractivity contribution in [3.05, 3.63) is 89.0 Å². The van der Waals surface area contributed by atoms with Crippen LogP contribution in [0.5, 0.6) is 0 Å². The summed E-state index contributed by atoms with van der Waals surface area (Å²) in [4.78, 5) is 31.6. The Morgan fingerprint density at radius 1 is 0.774 bits per heavy atom. The molecule has 0 N–H and O–H groups in total. The molecule has 1 aliphatic rings. The topological polar surface area (TPSA) is 40.6 Å². The van der Waals surface area contributed by atoms with Crippen molar-refractivity contribution < 1.29 is 9.59 Å². The number of aryl methyl sites for hydroxylation is 3. The normalized spacial score (nSPS) is 16.7. The lowest BCUT2D eigenvalue weighted by molar-refractivity contribution is -0.128. The molecule has 0 saturated carbocycles. The molecule has 158 valence electrons. The molecule has 0 aromatic heterocycles. The Kier molecular flexibility index (Phi) is 5.88. The molecule has 0 unspecified atom stereocenters. The van der Waals surface area contributed by atoms with Gasteiger partial charge >= 0.3 is 0 Å². The van der Waals surface area contributed by atoms with Crippen molar-refractivity contribution in [2.45, 2.75) is 31.7 Å². The van der Waals surface area contributed by atoms with Gasteiger partial charge in [-0.05, 0) is 80.1 Å². The number of carbonyl (C=O) groups excluding carboxylic acids is 2. The van der Waals surface area contributed by atoms with Crippen LogP contribution < -0.4 is 9.80 Å². The monoisotopic (exact) mass is 430 g/mol. The maximum Gasteiger partial charge on any atom is 0.255 e. The van der Waals surface area contributed by atoms with Gasteiger partial charge in [0.15, 0.2) is 0 Å². The summed E-state index contributed by atoms with van der Waals surface area (Å²) < 4.78 is 0. The van der Waals surface area contributed by atoms with E-state index in [2.05, 4.69) is 6.07 Å². The molecule has 5 heteroatoms. The second-order valence-corrected chi connectivity index (χ2v) is 8.92. The first-order valence-corrected chi connectivity index (χ1v) is 11.5. The fourth-order valence-corrected chi connectivity index (χ4v) is 4.50. The van der Waals surface area contributed by atoms with Gasteiger partial charge in [0.05, 0.1) is 0 Å². The highest BCUT2D eigenvalue weighted by molar-refractivity contribution is 7.98. The summed E-state index contributed by atoms with van der Waals surface area (Å²) in [5.41, 5.74) is 5.56. The van der Waals surface area contributed by atoms with Gasteiger partial charge in [-0.1, -0.05) is 35.9 Å². The molecule has 1 saturated heterocycles. The highest BCUT2D eigenvalue weighted by Gasteiger charge is 2.41. The average Bonchev–Trinajstić information content (AvgIpc) is 2.75. The van der Waals surface area contributed by atoms with E-state index < -0.39 is 6.04 Å². The third kappa shape index (κ3) is 4.23. The number of thioether (sulfide) groups is 1. The molecule has 3 aromatic rings. The lowest BCUT2D eigenvalue weighted by atomic mass is 9.98. The Morgan fingerprint density at radius 2 is 1.39 bits per heavy atom. The van der Waals surface area contributed by atoms with Crippen LogP contribution in [0.4, 0.5) is 11.4 Å². The van der Waals surface area contributed by atoms with Crippen LogP contribution in [0.25, 0.3) is 0 Å². The van der Waals surface area contributed by atoms with Crippen molar-refractivity contribution in [1.82, 2.24) is 0 Å². The fourth-order valence-electron chi connectivity index (χ4n) is 4.10. The largest absolute Gasteiger partial charge is 0.301 e. The molecular formula is C26H26N2O2S. The van der Waals surface area contributed by atoms with E-state index in [4.69, 9.17) is 0 Å². The van der Waals surface area contributed by atoms with E-state index in [9.17, 15) is 9.59 Å². The van der Waals surface area contributed by atoms with Crippen molar-refractivity contribution in [3.8, 4) is 0 Å². The molecule has 0 spiro atoms. The fraction of sp³-hybridized carbons (Fsp3) is 0.231. The molecule has 3 aromatic carbocycles. The lowest BCUT2D eigenvalue weighted by Gasteiger charge is -2.40. The number of hydrogen-bond donors (Lipinski definition) is 0. The van der Waals surface area contributed by atoms with Crippen molar-refractivity contribution in [1.29, 1.82) is 0 Å². The van der Waals surface area contributed by atoms with Gasteiger partial charge in [-0.3, -0.25) is 14.5 Å². The second-order valence-electron chi connectivity index (χ2n) is 8.05. The van der Waals surface area contributed by atoms with Gasteiger partial charge in [0.1, 0.15) is 12.6 Å². The Bertz CT molecular complexity index is 1100. The smallest absolute Gasteiger partial charge is 0.255 e. The molecule has 0 bridgehead atoms. The summed E-state index contributed by atoms with van der Waals surface area (Å²) >= 11 is 1.65. The number of nitrogens with zero attached hydrogens (tertiary/aromatic N) is 2. The maximum absolute atomic E-state index is 13.8. The Hall–Kier alpha value is -3.05. The maximum atomic E-state index is 13.8. The summed E-state index contributed by atoms with van der Waals surface area (Å²) in [7, 11) is 0. The molecule has 0 radical (unpaired) electrons. The Labute approximate surface area is 187 Å². The van der Waals surface area contributed by atoms with E-state index in [0.29, 0.717) is 0 Å². The summed E-state index contributed by atoms with van der Waals surface area (Å²) in [6, 6.07) is 21.0. The number of carbonyl (C=O) groups is 2. The number of piperazine rings is 1. The quantitative estimate of drug-likeness (QED) is 0.517. The first-order valence-electron chi connectivity index (χ1n) is 10.3. The van der Waals surface area contributed by atoms with Gasteiger partial charge < -0.3 is 4.90 Å². The third-order valence-electron chi connectivity index (χ3n) is 5.58. The number of amides is 2. The zero-order chi connectivity index (χ0) is 22.1. The molecule has 1 atom stereocenters. The first-order chi connectivity index (χ1) is 14.9. The van der Waals surface area contributed by atoms with Gasteiger partial charge in [-0.2, -0.15) is 0 Å². The van der Waals surface area contributed by atoms with Crippen molar-refractivity contribution in [2.75, 3.05) is 22.6 Å². The predicted molar refractivity (Wildman–Crippen MR) is 128 cm³/mol. The van der Waals surface area contributed by atoms with E-state index in [0.717, 1.165) is 38.5 Å². The zero-order valence-electron chi connectivity index (χ0n) is 18.3. The van der Waals surface area contributed by atoms with E-state index in [1.165, 1.54) is 0 Å². The van der Waals surface area contributed by atoms with Crippen molar-refractivity contribution in [3.63, 3.8) is 0 Å². The van der Waals surface area contributed by atoms with Crippen molar-refractivity contribution in [2.24, 2.45) is 0 Å². The summed E-state index contributed by atoms with van der Waals surface area (Å²) in [5, 5.41) is 0. The SMILES string of the molecule is CSc1ccc([C@H]2C(=O)N(c3ccc(C)cc3)CC(=O)N2c2cc(C)cc(C)c2)cc1. The van der Waals surface area contributed by atoms with Crippen LogP contribution in [0, 0.1) is 20.8 Å². The number of hydrogen-bond acceptors (Lipinski definition) is 3. The number of rotatable bonds is 4. The summed E-state index contributed by atoms with van der Waals surface area (Å²) in [6.07, 6.45) is 2.02. The van der Waals surface area contributed by atoms with Gasteiger partial charge in [0.25, 0.3) is 5.91 Å². The molecule has 1 fully saturated rings. The molecular weight excluding hydrogens is 404 g/mol. The highest BCUT2D eigenvalue weighted by atomic mass is 32.2. The van der Waals surface area contributed by atoms with Gasteiger partial charge in [-0.15, -0.1) is 11.8 Å². The molecule has 1 heterocycles. The lowest BCUT2D eigenvalue weighted by Crippen LogP contribution is -2.56. The Balaban J connectivity index is 1.82. The van der Waals surface area contributed by atoms with Crippen LogP contribution in [0.1, 0.15) is 28.3 Å². The predicted octanol–water partition coefficient (Wildman–Crippen LogP) is 5.45. The average molecular weight is 431 g/mol. The minimum atomic E-state index is -0.709. The van der Waals surface area contributed by atoms with Crippen LogP contribution in [0.2, 0.25) is 0 Å². The molecule has 4 rings (SSSR count). The number of benzene rings is 3. The Morgan fingerprint density at radius 3 is 1.97 bits per heavy atom. The zero-order valence-corrected chi connectivity index (χ0v) is 19.1. The third-order valence-corrected chi connectivity index (χ3v) is 6.33. The molecule has 2 amide bonds. The standard InChI is InChI=1S/C26H26N2O2S/c1-17-5-9-21(10-6-17)27-16-24(29)28(22-14-18(2)13-19(3)15-22)25(26(27)30)20-7-11-23(31-4)12-8-20/h5-15,25H,16H2,1-4H3/t25-/m0/s1. The van der Waals surface area contributed by atoms with E-state index in [1.807, 2.05) is 87.7 Å². The van der Waals surface area contributed by atoms with E-state index >= 15 is 0 Å².